The van der Waals surface area contributed by atoms with E-state index in [0.29, 0.717) is 22.9 Å². The van der Waals surface area contributed by atoms with Gasteiger partial charge in [0.1, 0.15) is 10.3 Å². The number of hydrogen-bond donors (Lipinski definition) is 2. The molecule has 1 aliphatic heterocycles. The van der Waals surface area contributed by atoms with Gasteiger partial charge in [0.05, 0.1) is 12.4 Å². The fourth-order valence-corrected chi connectivity index (χ4v) is 2.63. The molecule has 19 heavy (non-hydrogen) atoms. The highest BCUT2D eigenvalue weighted by Crippen LogP contribution is 2.23. The van der Waals surface area contributed by atoms with Gasteiger partial charge in [0.2, 0.25) is 0 Å². The van der Waals surface area contributed by atoms with Crippen LogP contribution in [0.25, 0.3) is 0 Å². The maximum absolute atomic E-state index is 11.5. The van der Waals surface area contributed by atoms with Crippen molar-refractivity contribution in [2.45, 2.75) is 25.4 Å². The maximum atomic E-state index is 11.5. The minimum atomic E-state index is -0.147. The SMILES string of the molecule is NCCCOC1CCN(c2nc[nH]c(=O)c2Br)CC1. The largest absolute Gasteiger partial charge is 0.378 e. The van der Waals surface area contributed by atoms with Gasteiger partial charge in [-0.1, -0.05) is 0 Å². The van der Waals surface area contributed by atoms with Gasteiger partial charge in [0, 0.05) is 19.7 Å². The number of nitrogens with two attached hydrogens (primary N) is 1. The zero-order valence-electron chi connectivity index (χ0n) is 10.8. The number of aromatic amines is 1. The molecule has 7 heteroatoms. The molecule has 1 aliphatic rings. The third kappa shape index (κ3) is 3.77. The quantitative estimate of drug-likeness (QED) is 0.782. The lowest BCUT2D eigenvalue weighted by Crippen LogP contribution is -2.38. The standard InChI is InChI=1S/C12H19BrN4O2/c13-10-11(15-8-16-12(10)18)17-5-2-9(3-6-17)19-7-1-4-14/h8-9H,1-7,14H2,(H,15,16,18). The predicted molar refractivity (Wildman–Crippen MR) is 77.4 cm³/mol. The van der Waals surface area contributed by atoms with Gasteiger partial charge < -0.3 is 20.4 Å². The van der Waals surface area contributed by atoms with Crippen molar-refractivity contribution in [1.29, 1.82) is 0 Å². The third-order valence-electron chi connectivity index (χ3n) is 3.22. The highest BCUT2D eigenvalue weighted by atomic mass is 79.9. The summed E-state index contributed by atoms with van der Waals surface area (Å²) in [7, 11) is 0. The average Bonchev–Trinajstić information content (AvgIpc) is 2.43. The highest BCUT2D eigenvalue weighted by molar-refractivity contribution is 9.10. The van der Waals surface area contributed by atoms with Crippen LogP contribution in [0.5, 0.6) is 0 Å². The first kappa shape index (κ1) is 14.5. The molecule has 0 bridgehead atoms. The number of halogens is 1. The molecule has 3 N–H and O–H groups in total. The zero-order valence-corrected chi connectivity index (χ0v) is 12.4. The lowest BCUT2D eigenvalue weighted by molar-refractivity contribution is 0.0365. The zero-order chi connectivity index (χ0) is 13.7. The van der Waals surface area contributed by atoms with E-state index in [1.54, 1.807) is 0 Å². The minimum Gasteiger partial charge on any atom is -0.378 e. The summed E-state index contributed by atoms with van der Waals surface area (Å²) in [5, 5.41) is 0. The van der Waals surface area contributed by atoms with Crippen LogP contribution in [0.3, 0.4) is 0 Å². The summed E-state index contributed by atoms with van der Waals surface area (Å²) in [5.41, 5.74) is 5.29. The third-order valence-corrected chi connectivity index (χ3v) is 3.94. The number of rotatable bonds is 5. The van der Waals surface area contributed by atoms with E-state index in [4.69, 9.17) is 10.5 Å². The molecule has 0 aliphatic carbocycles. The van der Waals surface area contributed by atoms with Crippen LogP contribution >= 0.6 is 15.9 Å². The number of nitrogens with zero attached hydrogens (tertiary/aromatic N) is 2. The van der Waals surface area contributed by atoms with Crippen LogP contribution in [-0.4, -0.2) is 42.3 Å². The Balaban J connectivity index is 1.89. The number of anilines is 1. The maximum Gasteiger partial charge on any atom is 0.267 e. The summed E-state index contributed by atoms with van der Waals surface area (Å²) >= 11 is 3.29. The van der Waals surface area contributed by atoms with Crippen molar-refractivity contribution in [2.24, 2.45) is 5.73 Å². The van der Waals surface area contributed by atoms with Crippen LogP contribution in [0.15, 0.2) is 15.6 Å². The van der Waals surface area contributed by atoms with E-state index in [-0.39, 0.29) is 5.56 Å². The van der Waals surface area contributed by atoms with Crippen LogP contribution in [0.2, 0.25) is 0 Å². The van der Waals surface area contributed by atoms with E-state index < -0.39 is 0 Å². The number of piperidine rings is 1. The van der Waals surface area contributed by atoms with Crippen molar-refractivity contribution in [1.82, 2.24) is 9.97 Å². The lowest BCUT2D eigenvalue weighted by atomic mass is 10.1. The molecule has 2 rings (SSSR count). The topological polar surface area (TPSA) is 84.2 Å². The Hall–Kier alpha value is -0.920. The van der Waals surface area contributed by atoms with Gasteiger partial charge >= 0.3 is 0 Å². The molecule has 0 amide bonds. The van der Waals surface area contributed by atoms with Crippen LogP contribution in [0, 0.1) is 0 Å². The number of aromatic nitrogens is 2. The number of hydrogen-bond acceptors (Lipinski definition) is 5. The van der Waals surface area contributed by atoms with Crippen molar-refractivity contribution in [3.63, 3.8) is 0 Å². The van der Waals surface area contributed by atoms with Gasteiger partial charge in [-0.05, 0) is 41.7 Å². The van der Waals surface area contributed by atoms with E-state index >= 15 is 0 Å². The van der Waals surface area contributed by atoms with Crippen LogP contribution in [0.4, 0.5) is 5.82 Å². The van der Waals surface area contributed by atoms with E-state index in [0.717, 1.165) is 39.0 Å². The summed E-state index contributed by atoms with van der Waals surface area (Å²) in [4.78, 5) is 20.4. The molecule has 1 saturated heterocycles. The molecule has 1 fully saturated rings. The van der Waals surface area contributed by atoms with Crippen LogP contribution in [-0.2, 0) is 4.74 Å². The van der Waals surface area contributed by atoms with Gasteiger partial charge in [-0.25, -0.2) is 4.98 Å². The summed E-state index contributed by atoms with van der Waals surface area (Å²) in [5.74, 6) is 0.712. The summed E-state index contributed by atoms with van der Waals surface area (Å²) < 4.78 is 6.25. The molecule has 1 aromatic heterocycles. The van der Waals surface area contributed by atoms with E-state index in [1.807, 2.05) is 0 Å². The monoisotopic (exact) mass is 330 g/mol. The van der Waals surface area contributed by atoms with E-state index in [1.165, 1.54) is 6.33 Å². The molecule has 0 spiro atoms. The van der Waals surface area contributed by atoms with Crippen molar-refractivity contribution in [2.75, 3.05) is 31.1 Å². The average molecular weight is 331 g/mol. The van der Waals surface area contributed by atoms with Crippen molar-refractivity contribution in [3.05, 3.63) is 21.2 Å². The molecular formula is C12H19BrN4O2. The second-order valence-electron chi connectivity index (χ2n) is 4.57. The Morgan fingerprint density at radius 2 is 2.26 bits per heavy atom. The summed E-state index contributed by atoms with van der Waals surface area (Å²) in [6, 6.07) is 0. The Morgan fingerprint density at radius 1 is 1.53 bits per heavy atom. The highest BCUT2D eigenvalue weighted by Gasteiger charge is 2.22. The molecule has 0 unspecified atom stereocenters. The van der Waals surface area contributed by atoms with Crippen molar-refractivity contribution in [3.8, 4) is 0 Å². The fraction of sp³-hybridized carbons (Fsp3) is 0.667. The first-order valence-corrected chi connectivity index (χ1v) is 7.31. The van der Waals surface area contributed by atoms with Gasteiger partial charge in [0.15, 0.2) is 0 Å². The summed E-state index contributed by atoms with van der Waals surface area (Å²) in [6.45, 7) is 3.10. The molecule has 0 saturated carbocycles. The number of H-pyrrole nitrogens is 1. The minimum absolute atomic E-state index is 0.147. The van der Waals surface area contributed by atoms with Crippen molar-refractivity contribution < 1.29 is 4.74 Å². The number of nitrogens with one attached hydrogen (secondary N) is 1. The van der Waals surface area contributed by atoms with Crippen LogP contribution in [0.1, 0.15) is 19.3 Å². The fourth-order valence-electron chi connectivity index (χ4n) is 2.16. The molecule has 2 heterocycles. The van der Waals surface area contributed by atoms with E-state index in [2.05, 4.69) is 30.8 Å². The number of ether oxygens (including phenoxy) is 1. The van der Waals surface area contributed by atoms with Crippen LogP contribution < -0.4 is 16.2 Å². The molecule has 0 radical (unpaired) electrons. The van der Waals surface area contributed by atoms with E-state index in [9.17, 15) is 4.79 Å². The van der Waals surface area contributed by atoms with Crippen molar-refractivity contribution >= 4 is 21.7 Å². The second-order valence-corrected chi connectivity index (χ2v) is 5.36. The Labute approximate surface area is 120 Å². The molecular weight excluding hydrogens is 312 g/mol. The van der Waals surface area contributed by atoms with Gasteiger partial charge in [-0.3, -0.25) is 4.79 Å². The first-order valence-electron chi connectivity index (χ1n) is 6.52. The predicted octanol–water partition coefficient (Wildman–Crippen LogP) is 0.867. The molecule has 6 nitrogen and oxygen atoms in total. The molecule has 0 atom stereocenters. The normalized spacial score (nSPS) is 16.8. The van der Waals surface area contributed by atoms with Gasteiger partial charge in [-0.2, -0.15) is 0 Å². The molecule has 1 aromatic rings. The molecule has 106 valence electrons. The lowest BCUT2D eigenvalue weighted by Gasteiger charge is -2.32. The molecule has 0 aromatic carbocycles. The Kier molecular flexibility index (Phi) is 5.35. The van der Waals surface area contributed by atoms with Gasteiger partial charge in [0.25, 0.3) is 5.56 Å². The van der Waals surface area contributed by atoms with Gasteiger partial charge in [-0.15, -0.1) is 0 Å². The Morgan fingerprint density at radius 3 is 2.95 bits per heavy atom. The first-order chi connectivity index (χ1) is 9.22. The smallest absolute Gasteiger partial charge is 0.267 e. The second kappa shape index (κ2) is 7.02. The summed E-state index contributed by atoms with van der Waals surface area (Å²) in [6.07, 6.45) is 4.54. The Bertz CT molecular complexity index is 457.